The van der Waals surface area contributed by atoms with Crippen LogP contribution < -0.4 is 0 Å². The number of ether oxygens (including phenoxy) is 1. The summed E-state index contributed by atoms with van der Waals surface area (Å²) in [4.78, 5) is 0. The van der Waals surface area contributed by atoms with Gasteiger partial charge in [-0.2, -0.15) is 0 Å². The lowest BCUT2D eigenvalue weighted by molar-refractivity contribution is -0.0800. The fraction of sp³-hybridized carbons (Fsp3) is 1.00. The van der Waals surface area contributed by atoms with E-state index in [4.69, 9.17) is 4.74 Å². The smallest absolute Gasteiger partial charge is 0.0687 e. The van der Waals surface area contributed by atoms with Crippen LogP contribution in [0.15, 0.2) is 0 Å². The molecule has 1 heterocycles. The minimum absolute atomic E-state index is 0.0655. The predicted octanol–water partition coefficient (Wildman–Crippen LogP) is 4.45. The first-order valence-corrected chi connectivity index (χ1v) is 9.07. The molecule has 0 radical (unpaired) electrons. The van der Waals surface area contributed by atoms with E-state index >= 15 is 0 Å². The van der Waals surface area contributed by atoms with Crippen molar-refractivity contribution in [3.05, 3.63) is 0 Å². The molecule has 116 valence electrons. The highest BCUT2D eigenvalue weighted by Crippen LogP contribution is 2.44. The number of rotatable bonds is 3. The maximum absolute atomic E-state index is 10.3. The second-order valence-electron chi connectivity index (χ2n) is 7.67. The normalized spacial score (nSPS) is 41.1. The Morgan fingerprint density at radius 2 is 1.85 bits per heavy atom. The molecule has 0 aromatic heterocycles. The quantitative estimate of drug-likeness (QED) is 0.828. The van der Waals surface area contributed by atoms with Crippen LogP contribution in [0.4, 0.5) is 0 Å². The minimum Gasteiger partial charge on any atom is -0.393 e. The highest BCUT2D eigenvalue weighted by Gasteiger charge is 2.42. The Kier molecular flexibility index (Phi) is 4.72. The second-order valence-corrected chi connectivity index (χ2v) is 7.67. The standard InChI is InChI=1S/C18H32O2/c1-2-14-6-7-17(19)15(12-14)13-16-8-11-18(20-16)9-4-3-5-10-18/h14-17,19H,2-13H2,1H3. The SMILES string of the molecule is CCC1CCC(O)C(CC2CCC3(CCCCC3)O2)C1. The van der Waals surface area contributed by atoms with Gasteiger partial charge in [0.05, 0.1) is 17.8 Å². The van der Waals surface area contributed by atoms with Gasteiger partial charge in [0.1, 0.15) is 0 Å². The van der Waals surface area contributed by atoms with E-state index in [9.17, 15) is 5.11 Å². The molecule has 0 aromatic rings. The number of hydrogen-bond donors (Lipinski definition) is 1. The van der Waals surface area contributed by atoms with Gasteiger partial charge in [-0.1, -0.05) is 32.6 Å². The third-order valence-corrected chi connectivity index (χ3v) is 6.30. The molecule has 20 heavy (non-hydrogen) atoms. The van der Waals surface area contributed by atoms with Crippen LogP contribution in [0, 0.1) is 11.8 Å². The molecule has 1 N–H and O–H groups in total. The number of aliphatic hydroxyl groups excluding tert-OH is 1. The van der Waals surface area contributed by atoms with Crippen molar-refractivity contribution in [1.82, 2.24) is 0 Å². The number of hydrogen-bond acceptors (Lipinski definition) is 2. The van der Waals surface area contributed by atoms with Crippen LogP contribution in [0.1, 0.15) is 84.0 Å². The Balaban J connectivity index is 1.53. The van der Waals surface area contributed by atoms with Crippen LogP contribution >= 0.6 is 0 Å². The van der Waals surface area contributed by atoms with Gasteiger partial charge < -0.3 is 9.84 Å². The fourth-order valence-electron chi connectivity index (χ4n) is 4.93. The summed E-state index contributed by atoms with van der Waals surface area (Å²) in [5, 5.41) is 10.3. The Bertz CT molecular complexity index is 309. The van der Waals surface area contributed by atoms with Crippen LogP contribution in [0.2, 0.25) is 0 Å². The maximum Gasteiger partial charge on any atom is 0.0687 e. The van der Waals surface area contributed by atoms with Gasteiger partial charge in [-0.05, 0) is 63.2 Å². The van der Waals surface area contributed by atoms with Gasteiger partial charge in [0.25, 0.3) is 0 Å². The molecule has 0 bridgehead atoms. The van der Waals surface area contributed by atoms with E-state index in [-0.39, 0.29) is 11.7 Å². The average molecular weight is 280 g/mol. The topological polar surface area (TPSA) is 29.5 Å². The molecule has 3 fully saturated rings. The van der Waals surface area contributed by atoms with Crippen molar-refractivity contribution in [2.24, 2.45) is 11.8 Å². The first-order valence-electron chi connectivity index (χ1n) is 9.07. The van der Waals surface area contributed by atoms with E-state index in [0.29, 0.717) is 12.0 Å². The zero-order chi connectivity index (χ0) is 14.0. The first kappa shape index (κ1) is 14.8. The lowest BCUT2D eigenvalue weighted by Crippen LogP contribution is -2.34. The lowest BCUT2D eigenvalue weighted by atomic mass is 9.76. The summed E-state index contributed by atoms with van der Waals surface area (Å²) in [6.07, 6.45) is 15.4. The Hall–Kier alpha value is -0.0800. The van der Waals surface area contributed by atoms with Gasteiger partial charge in [0, 0.05) is 0 Å². The predicted molar refractivity (Wildman–Crippen MR) is 81.7 cm³/mol. The molecular formula is C18H32O2. The van der Waals surface area contributed by atoms with E-state index in [1.54, 1.807) is 0 Å². The van der Waals surface area contributed by atoms with Crippen LogP contribution in [0.3, 0.4) is 0 Å². The van der Waals surface area contributed by atoms with Crippen molar-refractivity contribution in [2.75, 3.05) is 0 Å². The molecular weight excluding hydrogens is 248 g/mol. The first-order chi connectivity index (χ1) is 9.71. The lowest BCUT2D eigenvalue weighted by Gasteiger charge is -2.36. The molecule has 2 nitrogen and oxygen atoms in total. The maximum atomic E-state index is 10.3. The number of aliphatic hydroxyl groups is 1. The Morgan fingerprint density at radius 3 is 2.60 bits per heavy atom. The summed E-state index contributed by atoms with van der Waals surface area (Å²) in [7, 11) is 0. The summed E-state index contributed by atoms with van der Waals surface area (Å²) in [5.41, 5.74) is 0.243. The second kappa shape index (κ2) is 6.36. The third-order valence-electron chi connectivity index (χ3n) is 6.30. The molecule has 2 aliphatic carbocycles. The van der Waals surface area contributed by atoms with Crippen LogP contribution in [-0.2, 0) is 4.74 Å². The van der Waals surface area contributed by atoms with Crippen molar-refractivity contribution >= 4 is 0 Å². The van der Waals surface area contributed by atoms with Crippen LogP contribution in [0.25, 0.3) is 0 Å². The zero-order valence-corrected chi connectivity index (χ0v) is 13.2. The van der Waals surface area contributed by atoms with Gasteiger partial charge in [-0.3, -0.25) is 0 Å². The Labute approximate surface area is 124 Å². The molecule has 4 atom stereocenters. The van der Waals surface area contributed by atoms with E-state index in [0.717, 1.165) is 18.8 Å². The van der Waals surface area contributed by atoms with Crippen molar-refractivity contribution in [3.63, 3.8) is 0 Å². The Morgan fingerprint density at radius 1 is 1.05 bits per heavy atom. The largest absolute Gasteiger partial charge is 0.393 e. The molecule has 1 spiro atoms. The van der Waals surface area contributed by atoms with Gasteiger partial charge >= 0.3 is 0 Å². The molecule has 0 aromatic carbocycles. The van der Waals surface area contributed by atoms with Crippen LogP contribution in [-0.4, -0.2) is 22.9 Å². The van der Waals surface area contributed by atoms with E-state index < -0.39 is 0 Å². The minimum atomic E-state index is -0.0655. The van der Waals surface area contributed by atoms with Crippen molar-refractivity contribution in [3.8, 4) is 0 Å². The van der Waals surface area contributed by atoms with Crippen molar-refractivity contribution < 1.29 is 9.84 Å². The summed E-state index contributed by atoms with van der Waals surface area (Å²) >= 11 is 0. The zero-order valence-electron chi connectivity index (χ0n) is 13.2. The molecule has 0 amide bonds. The van der Waals surface area contributed by atoms with Gasteiger partial charge in [-0.25, -0.2) is 0 Å². The molecule has 3 aliphatic rings. The fourth-order valence-corrected chi connectivity index (χ4v) is 4.93. The molecule has 4 unspecified atom stereocenters. The van der Waals surface area contributed by atoms with Gasteiger partial charge in [0.15, 0.2) is 0 Å². The average Bonchev–Trinajstić information content (AvgIpc) is 2.84. The van der Waals surface area contributed by atoms with Crippen molar-refractivity contribution in [1.29, 1.82) is 0 Å². The third kappa shape index (κ3) is 3.22. The molecule has 1 saturated heterocycles. The highest BCUT2D eigenvalue weighted by molar-refractivity contribution is 4.93. The molecule has 1 aliphatic heterocycles. The van der Waals surface area contributed by atoms with E-state index in [1.165, 1.54) is 64.2 Å². The van der Waals surface area contributed by atoms with Gasteiger partial charge in [0.2, 0.25) is 0 Å². The van der Waals surface area contributed by atoms with Gasteiger partial charge in [-0.15, -0.1) is 0 Å². The molecule has 2 heteroatoms. The summed E-state index contributed by atoms with van der Waals surface area (Å²) in [5.74, 6) is 1.34. The monoisotopic (exact) mass is 280 g/mol. The molecule has 3 rings (SSSR count). The summed E-state index contributed by atoms with van der Waals surface area (Å²) in [6.45, 7) is 2.29. The van der Waals surface area contributed by atoms with E-state index in [1.807, 2.05) is 0 Å². The van der Waals surface area contributed by atoms with Crippen LogP contribution in [0.5, 0.6) is 0 Å². The van der Waals surface area contributed by atoms with Crippen molar-refractivity contribution in [2.45, 2.75) is 102 Å². The summed E-state index contributed by atoms with van der Waals surface area (Å²) < 4.78 is 6.50. The highest BCUT2D eigenvalue weighted by atomic mass is 16.5. The van der Waals surface area contributed by atoms with E-state index in [2.05, 4.69) is 6.92 Å². The summed E-state index contributed by atoms with van der Waals surface area (Å²) in [6, 6.07) is 0. The molecule has 2 saturated carbocycles.